The second-order valence-corrected chi connectivity index (χ2v) is 7.86. The second kappa shape index (κ2) is 14.4. The highest BCUT2D eigenvalue weighted by Crippen LogP contribution is 2.29. The molecule has 0 aromatic rings. The number of ether oxygens (including phenoxy) is 5. The molecule has 0 aliphatic carbocycles. The van der Waals surface area contributed by atoms with Crippen LogP contribution in [0.4, 0.5) is 0 Å². The second-order valence-electron chi connectivity index (χ2n) is 7.86. The molecule has 1 fully saturated rings. The monoisotopic (exact) mass is 502 g/mol. The Balaban J connectivity index is 3.55. The van der Waals surface area contributed by atoms with E-state index in [2.05, 4.69) is 11.9 Å². The third kappa shape index (κ3) is 9.62. The molecule has 1 aliphatic rings. The van der Waals surface area contributed by atoms with Crippen LogP contribution >= 0.6 is 0 Å². The first kappa shape index (κ1) is 30.0. The number of aliphatic hydroxyl groups excluding tert-OH is 1. The minimum atomic E-state index is -1.31. The summed E-state index contributed by atoms with van der Waals surface area (Å²) in [4.78, 5) is 61.6. The number of nitrogens with one attached hydrogen (secondary N) is 1. The van der Waals surface area contributed by atoms with Gasteiger partial charge in [0, 0.05) is 39.8 Å². The van der Waals surface area contributed by atoms with Crippen molar-refractivity contribution in [3.8, 4) is 0 Å². The Kier molecular flexibility index (Phi) is 12.3. The number of rotatable bonds is 12. The SMILES string of the molecule is C=C(C)C(=O)N(CCOCCO)[C@H]1O[C@H](COC(C)=O)[C@H](OC(C)=O)[C@H](OC(C)=O)[C@H]1NC(C)=O. The Morgan fingerprint density at radius 1 is 0.943 bits per heavy atom. The van der Waals surface area contributed by atoms with Crippen molar-refractivity contribution in [1.82, 2.24) is 10.2 Å². The van der Waals surface area contributed by atoms with Gasteiger partial charge in [-0.15, -0.1) is 0 Å². The molecule has 2 amide bonds. The highest BCUT2D eigenvalue weighted by molar-refractivity contribution is 5.92. The molecule has 0 unspecified atom stereocenters. The van der Waals surface area contributed by atoms with Crippen LogP contribution in [0.1, 0.15) is 34.6 Å². The summed E-state index contributed by atoms with van der Waals surface area (Å²) in [5, 5.41) is 11.6. The largest absolute Gasteiger partial charge is 0.463 e. The van der Waals surface area contributed by atoms with Gasteiger partial charge < -0.3 is 39.0 Å². The molecular weight excluding hydrogens is 468 g/mol. The third-order valence-corrected chi connectivity index (χ3v) is 4.74. The lowest BCUT2D eigenvalue weighted by atomic mass is 9.94. The maximum absolute atomic E-state index is 13.0. The summed E-state index contributed by atoms with van der Waals surface area (Å²) >= 11 is 0. The van der Waals surface area contributed by atoms with Crippen molar-refractivity contribution >= 4 is 29.7 Å². The molecule has 0 aromatic carbocycles. The lowest BCUT2D eigenvalue weighted by molar-refractivity contribution is -0.246. The van der Waals surface area contributed by atoms with Gasteiger partial charge in [0.25, 0.3) is 5.91 Å². The summed E-state index contributed by atoms with van der Waals surface area (Å²) in [7, 11) is 0. The average Bonchev–Trinajstić information content (AvgIpc) is 2.74. The summed E-state index contributed by atoms with van der Waals surface area (Å²) in [6.45, 7) is 9.10. The topological polar surface area (TPSA) is 167 Å². The molecule has 1 saturated heterocycles. The van der Waals surface area contributed by atoms with Gasteiger partial charge in [0.2, 0.25) is 5.91 Å². The lowest BCUT2D eigenvalue weighted by Crippen LogP contribution is -2.70. The predicted octanol–water partition coefficient (Wildman–Crippen LogP) is -0.944. The van der Waals surface area contributed by atoms with E-state index in [1.165, 1.54) is 25.7 Å². The van der Waals surface area contributed by atoms with E-state index in [0.717, 1.165) is 13.8 Å². The molecular formula is C22H34N2O11. The van der Waals surface area contributed by atoms with E-state index >= 15 is 0 Å². The van der Waals surface area contributed by atoms with Gasteiger partial charge >= 0.3 is 17.9 Å². The minimum absolute atomic E-state index is 0.00749. The fourth-order valence-electron chi connectivity index (χ4n) is 3.49. The van der Waals surface area contributed by atoms with E-state index in [4.69, 9.17) is 28.8 Å². The van der Waals surface area contributed by atoms with E-state index in [1.807, 2.05) is 0 Å². The standard InChI is InChI=1S/C22H34N2O11/c1-12(2)21(30)24(7-9-31-10-8-25)22-18(23-13(3)26)20(34-16(6)29)19(33-15(5)28)17(35-22)11-32-14(4)27/h17-20,22,25H,1,7-11H2,2-6H3,(H,23,26)/t17-,18-,19+,20-,22+/m1/s1. The molecule has 0 spiro atoms. The Labute approximate surface area is 203 Å². The van der Waals surface area contributed by atoms with Crippen LogP contribution < -0.4 is 5.32 Å². The van der Waals surface area contributed by atoms with Crippen LogP contribution in [-0.2, 0) is 47.7 Å². The van der Waals surface area contributed by atoms with Crippen LogP contribution in [0.5, 0.6) is 0 Å². The quantitative estimate of drug-likeness (QED) is 0.146. The first-order valence-corrected chi connectivity index (χ1v) is 10.9. The fourth-order valence-corrected chi connectivity index (χ4v) is 3.49. The van der Waals surface area contributed by atoms with Gasteiger partial charge in [0.15, 0.2) is 18.4 Å². The Morgan fingerprint density at radius 2 is 1.54 bits per heavy atom. The smallest absolute Gasteiger partial charge is 0.303 e. The van der Waals surface area contributed by atoms with Crippen LogP contribution in [-0.4, -0.2) is 103 Å². The average molecular weight is 503 g/mol. The Morgan fingerprint density at radius 3 is 2.03 bits per heavy atom. The van der Waals surface area contributed by atoms with Gasteiger partial charge in [-0.1, -0.05) is 6.58 Å². The van der Waals surface area contributed by atoms with Crippen molar-refractivity contribution in [2.24, 2.45) is 0 Å². The van der Waals surface area contributed by atoms with Crippen LogP contribution in [0.2, 0.25) is 0 Å². The van der Waals surface area contributed by atoms with Crippen molar-refractivity contribution in [2.45, 2.75) is 65.2 Å². The number of hydrogen-bond acceptors (Lipinski definition) is 11. The van der Waals surface area contributed by atoms with Gasteiger partial charge in [-0.05, 0) is 6.92 Å². The van der Waals surface area contributed by atoms with E-state index in [0.29, 0.717) is 0 Å². The molecule has 5 atom stereocenters. The molecule has 0 radical (unpaired) electrons. The molecule has 1 aliphatic heterocycles. The number of esters is 3. The number of amides is 2. The van der Waals surface area contributed by atoms with E-state index in [9.17, 15) is 24.0 Å². The first-order valence-electron chi connectivity index (χ1n) is 10.9. The zero-order valence-corrected chi connectivity index (χ0v) is 20.6. The van der Waals surface area contributed by atoms with Crippen molar-refractivity contribution in [3.63, 3.8) is 0 Å². The van der Waals surface area contributed by atoms with Crippen molar-refractivity contribution in [2.75, 3.05) is 33.0 Å². The van der Waals surface area contributed by atoms with Crippen molar-refractivity contribution < 1.29 is 52.8 Å². The summed E-state index contributed by atoms with van der Waals surface area (Å²) in [5.74, 6) is -3.24. The van der Waals surface area contributed by atoms with Gasteiger partial charge in [0.1, 0.15) is 18.8 Å². The predicted molar refractivity (Wildman–Crippen MR) is 118 cm³/mol. The van der Waals surface area contributed by atoms with Crippen molar-refractivity contribution in [1.29, 1.82) is 0 Å². The van der Waals surface area contributed by atoms with Gasteiger partial charge in [0.05, 0.1) is 19.8 Å². The normalized spacial score (nSPS) is 23.5. The van der Waals surface area contributed by atoms with E-state index in [1.54, 1.807) is 0 Å². The molecule has 1 rings (SSSR count). The fraction of sp³-hybridized carbons (Fsp3) is 0.682. The minimum Gasteiger partial charge on any atom is -0.463 e. The number of carbonyl (C=O) groups excluding carboxylic acids is 5. The summed E-state index contributed by atoms with van der Waals surface area (Å²) in [5.41, 5.74) is 0.139. The lowest BCUT2D eigenvalue weighted by Gasteiger charge is -2.48. The number of carbonyl (C=O) groups is 5. The molecule has 198 valence electrons. The van der Waals surface area contributed by atoms with Crippen molar-refractivity contribution in [3.05, 3.63) is 12.2 Å². The summed E-state index contributed by atoms with van der Waals surface area (Å²) in [6.07, 6.45) is -5.02. The molecule has 35 heavy (non-hydrogen) atoms. The molecule has 0 saturated carbocycles. The van der Waals surface area contributed by atoms with Crippen LogP contribution in [0, 0.1) is 0 Å². The highest BCUT2D eigenvalue weighted by Gasteiger charge is 2.53. The van der Waals surface area contributed by atoms with Crippen LogP contribution in [0.3, 0.4) is 0 Å². The molecule has 2 N–H and O–H groups in total. The maximum Gasteiger partial charge on any atom is 0.303 e. The molecule has 13 nitrogen and oxygen atoms in total. The first-order chi connectivity index (χ1) is 16.4. The number of aliphatic hydroxyl groups is 1. The molecule has 1 heterocycles. The van der Waals surface area contributed by atoms with Crippen LogP contribution in [0.25, 0.3) is 0 Å². The maximum atomic E-state index is 13.0. The van der Waals surface area contributed by atoms with Gasteiger partial charge in [-0.3, -0.25) is 24.0 Å². The summed E-state index contributed by atoms with van der Waals surface area (Å²) < 4.78 is 27.2. The van der Waals surface area contributed by atoms with Gasteiger partial charge in [-0.2, -0.15) is 0 Å². The Bertz CT molecular complexity index is 800. The Hall–Kier alpha value is -3.03. The van der Waals surface area contributed by atoms with Crippen LogP contribution in [0.15, 0.2) is 12.2 Å². The third-order valence-electron chi connectivity index (χ3n) is 4.74. The molecule has 0 aromatic heterocycles. The zero-order valence-electron chi connectivity index (χ0n) is 20.6. The van der Waals surface area contributed by atoms with E-state index < -0.39 is 66.9 Å². The van der Waals surface area contributed by atoms with Gasteiger partial charge in [-0.25, -0.2) is 0 Å². The number of hydrogen-bond donors (Lipinski definition) is 2. The van der Waals surface area contributed by atoms with E-state index in [-0.39, 0.29) is 31.9 Å². The number of nitrogens with zero attached hydrogens (tertiary/aromatic N) is 1. The molecule has 0 bridgehead atoms. The molecule has 13 heteroatoms. The summed E-state index contributed by atoms with van der Waals surface area (Å²) in [6, 6.07) is -1.18. The zero-order chi connectivity index (χ0) is 26.7. The highest BCUT2D eigenvalue weighted by atomic mass is 16.6.